The molecule has 1 saturated heterocycles. The van der Waals surface area contributed by atoms with E-state index in [9.17, 15) is 17.6 Å². The number of aryl methyl sites for hydroxylation is 1. The zero-order valence-electron chi connectivity index (χ0n) is 18.9. The summed E-state index contributed by atoms with van der Waals surface area (Å²) in [5.41, 5.74) is 6.20. The molecular weight excluding hydrogens is 502 g/mol. The summed E-state index contributed by atoms with van der Waals surface area (Å²) in [6.45, 7) is 2.61. The van der Waals surface area contributed by atoms with Crippen molar-refractivity contribution in [3.63, 3.8) is 0 Å². The summed E-state index contributed by atoms with van der Waals surface area (Å²) in [5, 5.41) is 4.04. The summed E-state index contributed by atoms with van der Waals surface area (Å²) in [6.07, 6.45) is -2.53. The number of nitrogens with zero attached hydrogens (tertiary/aromatic N) is 3. The standard InChI is InChI=1S/C23H23F4N5OS2/c1-13-3-5-15(10-16(13)24)22(20-29-12-30-35-20)7-8-32(11-22)21(34)31-17-9-14(4-6-18(17)33-2)19(28)23(25,26)27/h3-6,9-10,12,19H,7-8,11,28H2,1-2H3,(H,31,34). The van der Waals surface area contributed by atoms with Crippen LogP contribution in [0, 0.1) is 12.7 Å². The number of aromatic nitrogens is 2. The Balaban J connectivity index is 1.61. The number of likely N-dealkylation sites (tertiary alicyclic amines) is 1. The van der Waals surface area contributed by atoms with Crippen LogP contribution in [0.15, 0.2) is 42.7 Å². The number of ether oxygens (including phenoxy) is 1. The first-order valence-electron chi connectivity index (χ1n) is 10.6. The second-order valence-electron chi connectivity index (χ2n) is 8.37. The average molecular weight is 526 g/mol. The molecule has 0 bridgehead atoms. The van der Waals surface area contributed by atoms with Crippen LogP contribution in [0.1, 0.15) is 34.2 Å². The Morgan fingerprint density at radius 2 is 2.06 bits per heavy atom. The predicted molar refractivity (Wildman–Crippen MR) is 130 cm³/mol. The van der Waals surface area contributed by atoms with Gasteiger partial charge in [-0.1, -0.05) is 18.2 Å². The molecule has 35 heavy (non-hydrogen) atoms. The number of methoxy groups -OCH3 is 1. The van der Waals surface area contributed by atoms with Gasteiger partial charge in [0.15, 0.2) is 5.11 Å². The highest BCUT2D eigenvalue weighted by atomic mass is 32.1. The Bertz CT molecular complexity index is 1220. The van der Waals surface area contributed by atoms with E-state index in [1.807, 2.05) is 11.0 Å². The molecule has 4 rings (SSSR count). The highest BCUT2D eigenvalue weighted by molar-refractivity contribution is 7.80. The minimum Gasteiger partial charge on any atom is -0.495 e. The van der Waals surface area contributed by atoms with Crippen LogP contribution in [0.2, 0.25) is 0 Å². The molecule has 0 spiro atoms. The van der Waals surface area contributed by atoms with Crippen molar-refractivity contribution in [2.24, 2.45) is 5.73 Å². The van der Waals surface area contributed by atoms with Crippen LogP contribution in [0.25, 0.3) is 0 Å². The number of hydrogen-bond acceptors (Lipinski definition) is 6. The van der Waals surface area contributed by atoms with Gasteiger partial charge in [-0.3, -0.25) is 0 Å². The third-order valence-corrected chi connectivity index (χ3v) is 7.46. The van der Waals surface area contributed by atoms with Crippen molar-refractivity contribution in [1.82, 2.24) is 14.3 Å². The van der Waals surface area contributed by atoms with Gasteiger partial charge in [-0.2, -0.15) is 17.5 Å². The molecule has 2 aromatic carbocycles. The van der Waals surface area contributed by atoms with Gasteiger partial charge in [0.2, 0.25) is 0 Å². The zero-order chi connectivity index (χ0) is 25.4. The number of thiocarbonyl (C=S) groups is 1. The predicted octanol–water partition coefficient (Wildman–Crippen LogP) is 4.95. The maximum Gasteiger partial charge on any atom is 0.407 e. The molecule has 2 heterocycles. The number of anilines is 1. The molecule has 6 nitrogen and oxygen atoms in total. The van der Waals surface area contributed by atoms with Crippen molar-refractivity contribution in [2.75, 3.05) is 25.5 Å². The summed E-state index contributed by atoms with van der Waals surface area (Å²) in [4.78, 5) is 6.29. The van der Waals surface area contributed by atoms with E-state index < -0.39 is 17.6 Å². The van der Waals surface area contributed by atoms with Crippen molar-refractivity contribution in [2.45, 2.75) is 31.0 Å². The highest BCUT2D eigenvalue weighted by Crippen LogP contribution is 2.42. The number of hydrogen-bond donors (Lipinski definition) is 2. The molecule has 0 aliphatic carbocycles. The Morgan fingerprint density at radius 1 is 1.29 bits per heavy atom. The van der Waals surface area contributed by atoms with Crippen LogP contribution in [0.3, 0.4) is 0 Å². The number of halogens is 4. The summed E-state index contributed by atoms with van der Waals surface area (Å²) < 4.78 is 63.3. The maximum atomic E-state index is 14.5. The van der Waals surface area contributed by atoms with Gasteiger partial charge in [0.25, 0.3) is 0 Å². The fourth-order valence-corrected chi connectivity index (χ4v) is 5.20. The van der Waals surface area contributed by atoms with Crippen molar-refractivity contribution >= 4 is 34.6 Å². The summed E-state index contributed by atoms with van der Waals surface area (Å²) in [7, 11) is 1.41. The van der Waals surface area contributed by atoms with Gasteiger partial charge < -0.3 is 20.7 Å². The molecule has 186 valence electrons. The molecule has 0 radical (unpaired) electrons. The number of alkyl halides is 3. The van der Waals surface area contributed by atoms with Crippen LogP contribution in [-0.4, -0.2) is 45.7 Å². The maximum absolute atomic E-state index is 14.5. The van der Waals surface area contributed by atoms with Gasteiger partial charge in [0, 0.05) is 13.1 Å². The van der Waals surface area contributed by atoms with Gasteiger partial charge >= 0.3 is 6.18 Å². The monoisotopic (exact) mass is 525 g/mol. The lowest BCUT2D eigenvalue weighted by atomic mass is 9.80. The lowest BCUT2D eigenvalue weighted by Gasteiger charge is -2.29. The van der Waals surface area contributed by atoms with Crippen molar-refractivity contribution in [3.8, 4) is 5.75 Å². The minimum atomic E-state index is -4.59. The molecule has 2 unspecified atom stereocenters. The third-order valence-electron chi connectivity index (χ3n) is 6.23. The van der Waals surface area contributed by atoms with Crippen LogP contribution in [-0.2, 0) is 5.41 Å². The number of benzene rings is 2. The molecule has 3 N–H and O–H groups in total. The summed E-state index contributed by atoms with van der Waals surface area (Å²) in [5.74, 6) is 0.00811. The molecular formula is C23H23F4N5OS2. The third kappa shape index (κ3) is 4.95. The normalized spacial score (nSPS) is 19.0. The quantitative estimate of drug-likeness (QED) is 0.361. The van der Waals surface area contributed by atoms with E-state index in [0.29, 0.717) is 35.9 Å². The van der Waals surface area contributed by atoms with Crippen LogP contribution in [0.5, 0.6) is 5.75 Å². The number of rotatable bonds is 5. The topological polar surface area (TPSA) is 76.3 Å². The van der Waals surface area contributed by atoms with Crippen LogP contribution >= 0.6 is 23.8 Å². The Morgan fingerprint density at radius 3 is 2.69 bits per heavy atom. The molecule has 0 amide bonds. The Kier molecular flexibility index (Phi) is 6.98. The average Bonchev–Trinajstić information content (AvgIpc) is 3.51. The first-order chi connectivity index (χ1) is 16.5. The zero-order valence-corrected chi connectivity index (χ0v) is 20.5. The smallest absolute Gasteiger partial charge is 0.407 e. The van der Waals surface area contributed by atoms with Crippen molar-refractivity contribution in [3.05, 3.63) is 70.2 Å². The van der Waals surface area contributed by atoms with Crippen LogP contribution in [0.4, 0.5) is 23.2 Å². The van der Waals surface area contributed by atoms with E-state index in [-0.39, 0.29) is 17.1 Å². The van der Waals surface area contributed by atoms with E-state index in [1.54, 1.807) is 13.0 Å². The Hall–Kier alpha value is -2.83. The molecule has 2 atom stereocenters. The Labute approximate surface area is 209 Å². The van der Waals surface area contributed by atoms with E-state index in [1.165, 1.54) is 49.2 Å². The minimum absolute atomic E-state index is 0.122. The van der Waals surface area contributed by atoms with Gasteiger partial charge in [-0.15, -0.1) is 0 Å². The fraction of sp³-hybridized carbons (Fsp3) is 0.348. The second kappa shape index (κ2) is 9.67. The summed E-state index contributed by atoms with van der Waals surface area (Å²) in [6, 6.07) is 6.95. The second-order valence-corrected chi connectivity index (χ2v) is 9.54. The molecule has 0 saturated carbocycles. The first kappa shape index (κ1) is 25.3. The van der Waals surface area contributed by atoms with E-state index in [2.05, 4.69) is 14.7 Å². The fourth-order valence-electron chi connectivity index (χ4n) is 4.19. The largest absolute Gasteiger partial charge is 0.495 e. The van der Waals surface area contributed by atoms with Gasteiger partial charge in [-0.25, -0.2) is 9.37 Å². The SMILES string of the molecule is COc1ccc(C(N)C(F)(F)F)cc1NC(=S)N1CCC(c2ccc(C)c(F)c2)(c2ncns2)C1. The molecule has 1 aromatic heterocycles. The van der Waals surface area contributed by atoms with Crippen molar-refractivity contribution in [1.29, 1.82) is 0 Å². The van der Waals surface area contributed by atoms with Crippen LogP contribution < -0.4 is 15.8 Å². The lowest BCUT2D eigenvalue weighted by Crippen LogP contribution is -2.37. The van der Waals surface area contributed by atoms with E-state index in [4.69, 9.17) is 22.7 Å². The molecule has 1 aliphatic heterocycles. The molecule has 1 fully saturated rings. The van der Waals surface area contributed by atoms with E-state index in [0.717, 1.165) is 10.6 Å². The van der Waals surface area contributed by atoms with Gasteiger partial charge in [0.1, 0.15) is 28.9 Å². The number of nitrogens with two attached hydrogens (primary N) is 1. The van der Waals surface area contributed by atoms with Gasteiger partial charge in [-0.05, 0) is 72.0 Å². The molecule has 12 heteroatoms. The number of nitrogens with one attached hydrogen (secondary N) is 1. The highest BCUT2D eigenvalue weighted by Gasteiger charge is 2.45. The van der Waals surface area contributed by atoms with Gasteiger partial charge in [0.05, 0.1) is 18.2 Å². The molecule has 1 aliphatic rings. The lowest BCUT2D eigenvalue weighted by molar-refractivity contribution is -0.149. The van der Waals surface area contributed by atoms with E-state index >= 15 is 0 Å². The molecule has 3 aromatic rings. The van der Waals surface area contributed by atoms with Crippen molar-refractivity contribution < 1.29 is 22.3 Å². The first-order valence-corrected chi connectivity index (χ1v) is 11.8. The summed E-state index contributed by atoms with van der Waals surface area (Å²) >= 11 is 6.85.